The van der Waals surface area contributed by atoms with Crippen LogP contribution in [-0.2, 0) is 6.54 Å². The maximum Gasteiger partial charge on any atom is 0.194 e. The van der Waals surface area contributed by atoms with Crippen LogP contribution in [0.15, 0.2) is 12.3 Å². The summed E-state index contributed by atoms with van der Waals surface area (Å²) < 4.78 is 1.63. The number of Topliss-reactive ketones (excluding diaryl/α,β-unsaturated/α-hetero) is 1. The normalized spacial score (nSPS) is 10.0. The highest BCUT2D eigenvalue weighted by Gasteiger charge is 2.07. The van der Waals surface area contributed by atoms with Gasteiger partial charge in [-0.15, -0.1) is 0 Å². The fourth-order valence-corrected chi connectivity index (χ4v) is 0.926. The van der Waals surface area contributed by atoms with Gasteiger partial charge in [0.15, 0.2) is 5.78 Å². The molecule has 0 bridgehead atoms. The van der Waals surface area contributed by atoms with E-state index in [1.807, 2.05) is 6.92 Å². The van der Waals surface area contributed by atoms with E-state index in [9.17, 15) is 4.79 Å². The molecule has 0 saturated heterocycles. The third-order valence-electron chi connectivity index (χ3n) is 1.49. The number of aromatic nitrogens is 2. The number of rotatable bonds is 3. The van der Waals surface area contributed by atoms with Gasteiger partial charge in [-0.2, -0.15) is 5.10 Å². The first-order valence-corrected chi connectivity index (χ1v) is 3.54. The third-order valence-corrected chi connectivity index (χ3v) is 1.49. The summed E-state index contributed by atoms with van der Waals surface area (Å²) in [5.74, 6) is -0.0654. The lowest BCUT2D eigenvalue weighted by atomic mass is 10.3. The van der Waals surface area contributed by atoms with Crippen LogP contribution in [0.3, 0.4) is 0 Å². The highest BCUT2D eigenvalue weighted by molar-refractivity contribution is 5.95. The third kappa shape index (κ3) is 1.46. The van der Waals surface area contributed by atoms with Crippen molar-refractivity contribution >= 4 is 5.78 Å². The summed E-state index contributed by atoms with van der Waals surface area (Å²) >= 11 is 0. The van der Waals surface area contributed by atoms with Crippen LogP contribution >= 0.6 is 0 Å². The summed E-state index contributed by atoms with van der Waals surface area (Å²) in [6, 6.07) is 1.68. The predicted octanol–water partition coefficient (Wildman–Crippen LogP) is 0.0444. The molecule has 0 aliphatic carbocycles. The van der Waals surface area contributed by atoms with Crippen molar-refractivity contribution in [3.63, 3.8) is 0 Å². The second-order valence-electron chi connectivity index (χ2n) is 2.16. The van der Waals surface area contributed by atoms with Gasteiger partial charge < -0.3 is 5.73 Å². The van der Waals surface area contributed by atoms with Gasteiger partial charge in [-0.25, -0.2) is 0 Å². The Labute approximate surface area is 65.0 Å². The highest BCUT2D eigenvalue weighted by Crippen LogP contribution is 1.98. The minimum Gasteiger partial charge on any atom is -0.324 e. The van der Waals surface area contributed by atoms with Crippen LogP contribution < -0.4 is 5.73 Å². The Bertz CT molecular complexity index is 254. The molecule has 0 radical (unpaired) electrons. The first-order valence-electron chi connectivity index (χ1n) is 3.54. The van der Waals surface area contributed by atoms with Gasteiger partial charge >= 0.3 is 0 Å². The topological polar surface area (TPSA) is 60.9 Å². The van der Waals surface area contributed by atoms with Crippen molar-refractivity contribution < 1.29 is 4.79 Å². The molecular formula is C7H11N3O. The Kier molecular flexibility index (Phi) is 2.38. The molecule has 1 aromatic rings. The summed E-state index contributed by atoms with van der Waals surface area (Å²) in [5, 5.41) is 3.94. The average molecular weight is 153 g/mol. The molecule has 2 N–H and O–H groups in total. The molecule has 1 aromatic heterocycles. The van der Waals surface area contributed by atoms with Crippen molar-refractivity contribution in [1.29, 1.82) is 0 Å². The molecule has 0 aliphatic heterocycles. The van der Waals surface area contributed by atoms with Gasteiger partial charge in [-0.1, -0.05) is 0 Å². The van der Waals surface area contributed by atoms with Crippen LogP contribution in [0.5, 0.6) is 0 Å². The van der Waals surface area contributed by atoms with Crippen molar-refractivity contribution in [2.24, 2.45) is 5.73 Å². The fourth-order valence-electron chi connectivity index (χ4n) is 0.926. The van der Waals surface area contributed by atoms with Gasteiger partial charge in [0, 0.05) is 12.7 Å². The van der Waals surface area contributed by atoms with E-state index in [-0.39, 0.29) is 12.3 Å². The summed E-state index contributed by atoms with van der Waals surface area (Å²) in [5.41, 5.74) is 5.79. The molecule has 0 fully saturated rings. The predicted molar refractivity (Wildman–Crippen MR) is 41.3 cm³/mol. The molecule has 0 aromatic carbocycles. The SMILES string of the molecule is CCn1nccc1C(=O)CN. The van der Waals surface area contributed by atoms with Crippen LogP contribution in [0.2, 0.25) is 0 Å². The quantitative estimate of drug-likeness (QED) is 0.624. The maximum atomic E-state index is 11.1. The summed E-state index contributed by atoms with van der Waals surface area (Å²) in [6.45, 7) is 2.68. The first kappa shape index (κ1) is 7.94. The van der Waals surface area contributed by atoms with E-state index in [0.29, 0.717) is 12.2 Å². The lowest BCUT2D eigenvalue weighted by molar-refractivity contribution is 0.0991. The molecule has 11 heavy (non-hydrogen) atoms. The van der Waals surface area contributed by atoms with Gasteiger partial charge in [-0.05, 0) is 13.0 Å². The molecule has 0 amide bonds. The maximum absolute atomic E-state index is 11.1. The van der Waals surface area contributed by atoms with Crippen LogP contribution in [0.1, 0.15) is 17.4 Å². The summed E-state index contributed by atoms with van der Waals surface area (Å²) in [7, 11) is 0. The lowest BCUT2D eigenvalue weighted by Crippen LogP contribution is -2.18. The molecule has 1 heterocycles. The van der Waals surface area contributed by atoms with Crippen LogP contribution in [-0.4, -0.2) is 22.1 Å². The zero-order valence-electron chi connectivity index (χ0n) is 6.45. The molecule has 0 saturated carbocycles. The Morgan fingerprint density at radius 2 is 2.55 bits per heavy atom. The summed E-state index contributed by atoms with van der Waals surface area (Å²) in [6.07, 6.45) is 1.60. The largest absolute Gasteiger partial charge is 0.324 e. The Balaban J connectivity index is 2.92. The highest BCUT2D eigenvalue weighted by atomic mass is 16.1. The van der Waals surface area contributed by atoms with Gasteiger partial charge in [0.1, 0.15) is 5.69 Å². The zero-order chi connectivity index (χ0) is 8.27. The second kappa shape index (κ2) is 3.30. The number of hydrogen-bond acceptors (Lipinski definition) is 3. The van der Waals surface area contributed by atoms with Crippen molar-refractivity contribution in [1.82, 2.24) is 9.78 Å². The number of hydrogen-bond donors (Lipinski definition) is 1. The van der Waals surface area contributed by atoms with Gasteiger partial charge in [0.05, 0.1) is 6.54 Å². The van der Waals surface area contributed by atoms with E-state index in [0.717, 1.165) is 0 Å². The second-order valence-corrected chi connectivity index (χ2v) is 2.16. The smallest absolute Gasteiger partial charge is 0.194 e. The number of carbonyl (C=O) groups is 1. The molecule has 4 nitrogen and oxygen atoms in total. The Hall–Kier alpha value is -1.16. The van der Waals surface area contributed by atoms with Gasteiger partial charge in [-0.3, -0.25) is 9.48 Å². The number of aryl methyl sites for hydroxylation is 1. The van der Waals surface area contributed by atoms with Crippen LogP contribution in [0.4, 0.5) is 0 Å². The van der Waals surface area contributed by atoms with Crippen molar-refractivity contribution in [2.75, 3.05) is 6.54 Å². The van der Waals surface area contributed by atoms with E-state index >= 15 is 0 Å². The minimum absolute atomic E-state index is 0.0473. The molecular weight excluding hydrogens is 142 g/mol. The summed E-state index contributed by atoms with van der Waals surface area (Å²) in [4.78, 5) is 11.1. The van der Waals surface area contributed by atoms with Crippen LogP contribution in [0, 0.1) is 0 Å². The number of nitrogens with zero attached hydrogens (tertiary/aromatic N) is 2. The van der Waals surface area contributed by atoms with E-state index in [2.05, 4.69) is 5.10 Å². The van der Waals surface area contributed by atoms with Crippen LogP contribution in [0.25, 0.3) is 0 Å². The molecule has 0 spiro atoms. The fraction of sp³-hybridized carbons (Fsp3) is 0.429. The van der Waals surface area contributed by atoms with Gasteiger partial charge in [0.25, 0.3) is 0 Å². The molecule has 1 rings (SSSR count). The average Bonchev–Trinajstić information content (AvgIpc) is 2.50. The van der Waals surface area contributed by atoms with Crippen molar-refractivity contribution in [3.8, 4) is 0 Å². The van der Waals surface area contributed by atoms with Crippen molar-refractivity contribution in [3.05, 3.63) is 18.0 Å². The van der Waals surface area contributed by atoms with E-state index in [4.69, 9.17) is 5.73 Å². The standard InChI is InChI=1S/C7H11N3O/c1-2-10-6(3-4-9-10)7(11)5-8/h3-4H,2,5,8H2,1H3. The molecule has 4 heteroatoms. The first-order chi connectivity index (χ1) is 5.29. The molecule has 0 atom stereocenters. The monoisotopic (exact) mass is 153 g/mol. The Morgan fingerprint density at radius 1 is 1.82 bits per heavy atom. The van der Waals surface area contributed by atoms with E-state index < -0.39 is 0 Å². The van der Waals surface area contributed by atoms with E-state index in [1.165, 1.54) is 0 Å². The number of carbonyl (C=O) groups excluding carboxylic acids is 1. The minimum atomic E-state index is -0.0654. The molecule has 0 aliphatic rings. The molecule has 0 unspecified atom stereocenters. The van der Waals surface area contributed by atoms with Gasteiger partial charge in [0.2, 0.25) is 0 Å². The zero-order valence-corrected chi connectivity index (χ0v) is 6.45. The number of nitrogens with two attached hydrogens (primary N) is 1. The van der Waals surface area contributed by atoms with E-state index in [1.54, 1.807) is 16.9 Å². The number of ketones is 1. The van der Waals surface area contributed by atoms with Crippen molar-refractivity contribution in [2.45, 2.75) is 13.5 Å². The lowest BCUT2D eigenvalue weighted by Gasteiger charge is -2.00. The Morgan fingerprint density at radius 3 is 3.09 bits per heavy atom. The molecule has 60 valence electrons.